The summed E-state index contributed by atoms with van der Waals surface area (Å²) in [4.78, 5) is 0. The smallest absolute Gasteiger partial charge is 0.188 e. The lowest BCUT2D eigenvalue weighted by Gasteiger charge is -2.41. The predicted molar refractivity (Wildman–Crippen MR) is 62.5 cm³/mol. The van der Waals surface area contributed by atoms with Gasteiger partial charge in [0.05, 0.1) is 12.7 Å². The van der Waals surface area contributed by atoms with Crippen LogP contribution in [0.3, 0.4) is 0 Å². The molecule has 0 radical (unpaired) electrons. The molecule has 0 amide bonds. The summed E-state index contributed by atoms with van der Waals surface area (Å²) in [6.07, 6.45) is -9.17. The Labute approximate surface area is 119 Å². The summed E-state index contributed by atoms with van der Waals surface area (Å²) < 4.78 is 15.8. The molecule has 9 nitrogen and oxygen atoms in total. The van der Waals surface area contributed by atoms with Crippen molar-refractivity contribution in [2.24, 2.45) is 0 Å². The first-order chi connectivity index (χ1) is 9.93. The first-order valence-electron chi connectivity index (χ1n) is 6.66. The highest BCUT2D eigenvalue weighted by molar-refractivity contribution is 5.23. The molecule has 2 aliphatic heterocycles. The van der Waals surface area contributed by atoms with E-state index in [9.17, 15) is 25.7 Å². The Morgan fingerprint density at radius 3 is 2.33 bits per heavy atom. The number of hydrogen-bond acceptors (Lipinski definition) is 9. The van der Waals surface area contributed by atoms with Crippen LogP contribution in [0.4, 0.5) is 0 Å². The van der Waals surface area contributed by atoms with Crippen LogP contribution in [-0.4, -0.2) is 86.8 Å². The van der Waals surface area contributed by atoms with E-state index in [1.807, 2.05) is 6.07 Å². The monoisotopic (exact) mass is 303 g/mol. The second-order valence-electron chi connectivity index (χ2n) is 5.61. The second-order valence-corrected chi connectivity index (χ2v) is 5.61. The van der Waals surface area contributed by atoms with Crippen LogP contribution in [0.25, 0.3) is 0 Å². The molecule has 0 bridgehead atoms. The van der Waals surface area contributed by atoms with Crippen molar-refractivity contribution in [1.82, 2.24) is 0 Å². The molecule has 9 heteroatoms. The number of fused-ring (bicyclic) bond motifs is 1. The highest BCUT2D eigenvalue weighted by Gasteiger charge is 2.68. The van der Waals surface area contributed by atoms with Crippen LogP contribution in [0.1, 0.15) is 6.42 Å². The summed E-state index contributed by atoms with van der Waals surface area (Å²) in [5.41, 5.74) is -1.49. The molecule has 5 N–H and O–H groups in total. The van der Waals surface area contributed by atoms with Gasteiger partial charge in [-0.2, -0.15) is 5.26 Å². The minimum absolute atomic E-state index is 0.00610. The van der Waals surface area contributed by atoms with E-state index >= 15 is 0 Å². The van der Waals surface area contributed by atoms with Crippen molar-refractivity contribution < 1.29 is 39.7 Å². The van der Waals surface area contributed by atoms with Crippen LogP contribution in [0.15, 0.2) is 0 Å². The van der Waals surface area contributed by atoms with Crippen molar-refractivity contribution in [3.05, 3.63) is 0 Å². The molecule has 21 heavy (non-hydrogen) atoms. The highest BCUT2D eigenvalue weighted by Crippen LogP contribution is 2.49. The van der Waals surface area contributed by atoms with E-state index in [-0.39, 0.29) is 6.42 Å². The number of nitrogens with zero attached hydrogens (tertiary/aromatic N) is 1. The maximum absolute atomic E-state index is 9.90. The zero-order chi connectivity index (χ0) is 15.4. The average Bonchev–Trinajstić information content (AvgIpc) is 3.23. The van der Waals surface area contributed by atoms with Gasteiger partial charge >= 0.3 is 0 Å². The van der Waals surface area contributed by atoms with Gasteiger partial charge in [0.1, 0.15) is 42.7 Å². The lowest BCUT2D eigenvalue weighted by molar-refractivity contribution is -0.322. The Balaban J connectivity index is 1.76. The average molecular weight is 303 g/mol. The van der Waals surface area contributed by atoms with Crippen LogP contribution < -0.4 is 0 Å². The van der Waals surface area contributed by atoms with Gasteiger partial charge in [0.25, 0.3) is 0 Å². The minimum atomic E-state index is -1.59. The highest BCUT2D eigenvalue weighted by atomic mass is 16.7. The van der Waals surface area contributed by atoms with Crippen LogP contribution in [-0.2, 0) is 14.2 Å². The van der Waals surface area contributed by atoms with E-state index in [4.69, 9.17) is 19.3 Å². The standard InChI is InChI=1S/C12H17NO8/c13-3-12(1-4(15)9-10(12)20-9)21-11-8(18)7(17)6(16)5(2-14)19-11/h4-11,14-18H,1-2H2/t4-,5-,6-,7+,8-,9+,10+,11+,12+/m1/s1. The van der Waals surface area contributed by atoms with Crippen LogP contribution >= 0.6 is 0 Å². The van der Waals surface area contributed by atoms with Crippen molar-refractivity contribution in [2.45, 2.75) is 61.0 Å². The molecule has 1 saturated carbocycles. The van der Waals surface area contributed by atoms with Gasteiger partial charge in [-0.05, 0) is 0 Å². The molecule has 0 aromatic heterocycles. The van der Waals surface area contributed by atoms with E-state index in [0.717, 1.165) is 0 Å². The van der Waals surface area contributed by atoms with Gasteiger partial charge in [0, 0.05) is 6.42 Å². The number of rotatable bonds is 3. The summed E-state index contributed by atoms with van der Waals surface area (Å²) in [7, 11) is 0. The number of aliphatic hydroxyl groups is 5. The number of nitriles is 1. The van der Waals surface area contributed by atoms with Crippen molar-refractivity contribution >= 4 is 0 Å². The molecule has 0 spiro atoms. The zero-order valence-corrected chi connectivity index (χ0v) is 10.9. The van der Waals surface area contributed by atoms with Gasteiger partial charge in [-0.25, -0.2) is 0 Å². The Morgan fingerprint density at radius 2 is 1.86 bits per heavy atom. The summed E-state index contributed by atoms with van der Waals surface area (Å²) in [5, 5.41) is 57.4. The lowest BCUT2D eigenvalue weighted by atomic mass is 9.98. The van der Waals surface area contributed by atoms with Crippen molar-refractivity contribution in [1.29, 1.82) is 5.26 Å². The van der Waals surface area contributed by atoms with Gasteiger partial charge in [-0.3, -0.25) is 0 Å². The summed E-state index contributed by atoms with van der Waals surface area (Å²) in [5.74, 6) is 0. The fraction of sp³-hybridized carbons (Fsp3) is 0.917. The van der Waals surface area contributed by atoms with Crippen molar-refractivity contribution in [3.63, 3.8) is 0 Å². The van der Waals surface area contributed by atoms with Crippen LogP contribution in [0, 0.1) is 11.3 Å². The molecule has 9 atom stereocenters. The quantitative estimate of drug-likeness (QED) is 0.335. The number of hydrogen-bond donors (Lipinski definition) is 5. The number of aliphatic hydroxyl groups excluding tert-OH is 5. The van der Waals surface area contributed by atoms with Gasteiger partial charge in [0.2, 0.25) is 0 Å². The largest absolute Gasteiger partial charge is 0.394 e. The van der Waals surface area contributed by atoms with Crippen molar-refractivity contribution in [2.75, 3.05) is 6.61 Å². The molecule has 1 aliphatic carbocycles. The van der Waals surface area contributed by atoms with Gasteiger partial charge in [-0.1, -0.05) is 0 Å². The SMILES string of the molecule is N#C[C@@]1(O[C@@H]2O[C@H](CO)[C@@H](O)[C@H](O)[C@H]2O)C[C@@H](O)[C@@H]2O[C@@H]21. The topological polar surface area (TPSA) is 156 Å². The minimum Gasteiger partial charge on any atom is -0.394 e. The number of ether oxygens (including phenoxy) is 3. The predicted octanol–water partition coefficient (Wildman–Crippen LogP) is -3.40. The maximum atomic E-state index is 9.90. The molecular formula is C12H17NO8. The molecule has 0 aromatic rings. The first-order valence-corrected chi connectivity index (χ1v) is 6.66. The Kier molecular flexibility index (Phi) is 3.67. The Hall–Kier alpha value is -0.830. The van der Waals surface area contributed by atoms with Crippen molar-refractivity contribution in [3.8, 4) is 6.07 Å². The van der Waals surface area contributed by atoms with E-state index in [2.05, 4.69) is 0 Å². The third kappa shape index (κ3) is 2.25. The normalized spacial score (nSPS) is 55.8. The second kappa shape index (κ2) is 5.12. The summed E-state index contributed by atoms with van der Waals surface area (Å²) >= 11 is 0. The molecule has 3 aliphatic rings. The molecule has 118 valence electrons. The fourth-order valence-corrected chi connectivity index (χ4v) is 2.96. The van der Waals surface area contributed by atoms with E-state index in [1.165, 1.54) is 0 Å². The third-order valence-corrected chi connectivity index (χ3v) is 4.24. The third-order valence-electron chi connectivity index (χ3n) is 4.24. The maximum Gasteiger partial charge on any atom is 0.188 e. The lowest BCUT2D eigenvalue weighted by Crippen LogP contribution is -2.61. The summed E-state index contributed by atoms with van der Waals surface area (Å²) in [6, 6.07) is 1.92. The summed E-state index contributed by atoms with van der Waals surface area (Å²) in [6.45, 7) is -0.588. The molecule has 2 saturated heterocycles. The first kappa shape index (κ1) is 15.1. The Bertz CT molecular complexity index is 453. The Morgan fingerprint density at radius 1 is 1.14 bits per heavy atom. The number of epoxide rings is 1. The van der Waals surface area contributed by atoms with E-state index in [1.54, 1.807) is 0 Å². The molecule has 3 fully saturated rings. The molecule has 0 unspecified atom stereocenters. The molecule has 0 aromatic carbocycles. The molecular weight excluding hydrogens is 286 g/mol. The molecule has 2 heterocycles. The van der Waals surface area contributed by atoms with E-state index < -0.39 is 61.2 Å². The van der Waals surface area contributed by atoms with Gasteiger partial charge in [-0.15, -0.1) is 0 Å². The van der Waals surface area contributed by atoms with Crippen LogP contribution in [0.2, 0.25) is 0 Å². The van der Waals surface area contributed by atoms with Gasteiger partial charge in [0.15, 0.2) is 11.9 Å². The molecule has 3 rings (SSSR count). The van der Waals surface area contributed by atoms with Gasteiger partial charge < -0.3 is 39.7 Å². The fourth-order valence-electron chi connectivity index (χ4n) is 2.96. The zero-order valence-electron chi connectivity index (χ0n) is 10.9. The van der Waals surface area contributed by atoms with E-state index in [0.29, 0.717) is 0 Å². The van der Waals surface area contributed by atoms with Crippen LogP contribution in [0.5, 0.6) is 0 Å².